The SMILES string of the molecule is CCCC(C)Oc1nnccc1C#N. The molecule has 4 heteroatoms. The summed E-state index contributed by atoms with van der Waals surface area (Å²) in [5.41, 5.74) is 0.433. The second kappa shape index (κ2) is 5.18. The molecule has 0 amide bonds. The van der Waals surface area contributed by atoms with Crippen LogP contribution in [0, 0.1) is 11.3 Å². The molecule has 1 aromatic rings. The number of ether oxygens (including phenoxy) is 1. The zero-order valence-electron chi connectivity index (χ0n) is 8.40. The zero-order chi connectivity index (χ0) is 10.4. The van der Waals surface area contributed by atoms with E-state index in [4.69, 9.17) is 10.00 Å². The van der Waals surface area contributed by atoms with Gasteiger partial charge in [-0.3, -0.25) is 0 Å². The normalized spacial score (nSPS) is 11.8. The van der Waals surface area contributed by atoms with E-state index in [2.05, 4.69) is 17.1 Å². The van der Waals surface area contributed by atoms with E-state index >= 15 is 0 Å². The molecule has 0 saturated heterocycles. The Kier molecular flexibility index (Phi) is 3.86. The highest BCUT2D eigenvalue weighted by Crippen LogP contribution is 2.14. The third kappa shape index (κ3) is 2.70. The van der Waals surface area contributed by atoms with Crippen LogP contribution in [-0.2, 0) is 0 Å². The van der Waals surface area contributed by atoms with Crippen LogP contribution in [0.4, 0.5) is 0 Å². The first-order valence-electron chi connectivity index (χ1n) is 4.66. The minimum absolute atomic E-state index is 0.0730. The van der Waals surface area contributed by atoms with Crippen molar-refractivity contribution in [3.63, 3.8) is 0 Å². The van der Waals surface area contributed by atoms with Crippen molar-refractivity contribution in [2.75, 3.05) is 0 Å². The van der Waals surface area contributed by atoms with Crippen molar-refractivity contribution >= 4 is 0 Å². The van der Waals surface area contributed by atoms with Crippen LogP contribution in [0.5, 0.6) is 5.88 Å². The monoisotopic (exact) mass is 191 g/mol. The molecule has 14 heavy (non-hydrogen) atoms. The van der Waals surface area contributed by atoms with Crippen LogP contribution in [0.15, 0.2) is 12.3 Å². The number of rotatable bonds is 4. The quantitative estimate of drug-likeness (QED) is 0.729. The molecule has 0 aliphatic heterocycles. The van der Waals surface area contributed by atoms with Crippen molar-refractivity contribution in [1.82, 2.24) is 10.2 Å². The molecule has 0 fully saturated rings. The number of nitrogens with zero attached hydrogens (tertiary/aromatic N) is 3. The summed E-state index contributed by atoms with van der Waals surface area (Å²) >= 11 is 0. The Balaban J connectivity index is 2.71. The van der Waals surface area contributed by atoms with Gasteiger partial charge in [-0.25, -0.2) is 0 Å². The van der Waals surface area contributed by atoms with Crippen LogP contribution in [-0.4, -0.2) is 16.3 Å². The predicted octanol–water partition coefficient (Wildman–Crippen LogP) is 1.92. The summed E-state index contributed by atoms with van der Waals surface area (Å²) in [6, 6.07) is 3.61. The molecule has 0 bridgehead atoms. The predicted molar refractivity (Wildman–Crippen MR) is 51.7 cm³/mol. The van der Waals surface area contributed by atoms with E-state index < -0.39 is 0 Å². The van der Waals surface area contributed by atoms with Crippen molar-refractivity contribution in [2.24, 2.45) is 0 Å². The van der Waals surface area contributed by atoms with Gasteiger partial charge in [-0.1, -0.05) is 13.3 Å². The second-order valence-electron chi connectivity index (χ2n) is 3.08. The van der Waals surface area contributed by atoms with Gasteiger partial charge in [0, 0.05) is 0 Å². The topological polar surface area (TPSA) is 58.8 Å². The Morgan fingerprint density at radius 1 is 1.64 bits per heavy atom. The molecule has 0 aromatic carbocycles. The van der Waals surface area contributed by atoms with Crippen LogP contribution < -0.4 is 4.74 Å². The lowest BCUT2D eigenvalue weighted by atomic mass is 10.2. The van der Waals surface area contributed by atoms with Crippen LogP contribution in [0.25, 0.3) is 0 Å². The van der Waals surface area contributed by atoms with Crippen molar-refractivity contribution < 1.29 is 4.74 Å². The molecular weight excluding hydrogens is 178 g/mol. The van der Waals surface area contributed by atoms with Gasteiger partial charge in [-0.2, -0.15) is 10.4 Å². The Labute approximate surface area is 83.5 Å². The van der Waals surface area contributed by atoms with Gasteiger partial charge in [0.25, 0.3) is 5.88 Å². The van der Waals surface area contributed by atoms with Crippen molar-refractivity contribution in [2.45, 2.75) is 32.8 Å². The van der Waals surface area contributed by atoms with E-state index in [0.717, 1.165) is 12.8 Å². The zero-order valence-corrected chi connectivity index (χ0v) is 8.40. The minimum Gasteiger partial charge on any atom is -0.473 e. The summed E-state index contributed by atoms with van der Waals surface area (Å²) in [5.74, 6) is 0.330. The summed E-state index contributed by atoms with van der Waals surface area (Å²) in [6.45, 7) is 4.04. The highest BCUT2D eigenvalue weighted by molar-refractivity contribution is 5.35. The molecule has 0 aliphatic rings. The first-order chi connectivity index (χ1) is 6.77. The van der Waals surface area contributed by atoms with Crippen molar-refractivity contribution in [1.29, 1.82) is 5.26 Å². The lowest BCUT2D eigenvalue weighted by molar-refractivity contribution is 0.198. The summed E-state index contributed by atoms with van der Waals surface area (Å²) in [5, 5.41) is 16.2. The lowest BCUT2D eigenvalue weighted by Gasteiger charge is -2.12. The number of hydrogen-bond acceptors (Lipinski definition) is 4. The molecule has 0 spiro atoms. The van der Waals surface area contributed by atoms with Gasteiger partial charge in [-0.05, 0) is 19.4 Å². The molecule has 1 atom stereocenters. The van der Waals surface area contributed by atoms with Gasteiger partial charge in [0.2, 0.25) is 0 Å². The van der Waals surface area contributed by atoms with Crippen LogP contribution in [0.2, 0.25) is 0 Å². The van der Waals surface area contributed by atoms with E-state index in [1.165, 1.54) is 6.20 Å². The van der Waals surface area contributed by atoms with E-state index in [1.807, 2.05) is 13.0 Å². The van der Waals surface area contributed by atoms with Gasteiger partial charge < -0.3 is 4.74 Å². The standard InChI is InChI=1S/C10H13N3O/c1-3-4-8(2)14-10-9(7-11)5-6-12-13-10/h5-6,8H,3-4H2,1-2H3. The summed E-state index contributed by atoms with van der Waals surface area (Å²) in [6.07, 6.45) is 3.55. The van der Waals surface area contributed by atoms with Gasteiger partial charge >= 0.3 is 0 Å². The average molecular weight is 191 g/mol. The smallest absolute Gasteiger partial charge is 0.251 e. The Morgan fingerprint density at radius 3 is 3.07 bits per heavy atom. The van der Waals surface area contributed by atoms with Crippen LogP contribution >= 0.6 is 0 Å². The summed E-state index contributed by atoms with van der Waals surface area (Å²) < 4.78 is 5.48. The molecule has 1 unspecified atom stereocenters. The molecular formula is C10H13N3O. The third-order valence-corrected chi connectivity index (χ3v) is 1.82. The number of aromatic nitrogens is 2. The second-order valence-corrected chi connectivity index (χ2v) is 3.08. The number of hydrogen-bond donors (Lipinski definition) is 0. The maximum absolute atomic E-state index is 8.76. The van der Waals surface area contributed by atoms with Crippen LogP contribution in [0.3, 0.4) is 0 Å². The van der Waals surface area contributed by atoms with Gasteiger partial charge in [0.1, 0.15) is 11.6 Å². The van der Waals surface area contributed by atoms with E-state index in [1.54, 1.807) is 6.07 Å². The Bertz CT molecular complexity index is 332. The molecule has 0 aliphatic carbocycles. The van der Waals surface area contributed by atoms with Gasteiger partial charge in [0.05, 0.1) is 12.3 Å². The third-order valence-electron chi connectivity index (χ3n) is 1.82. The fourth-order valence-corrected chi connectivity index (χ4v) is 1.15. The first-order valence-corrected chi connectivity index (χ1v) is 4.66. The highest BCUT2D eigenvalue weighted by Gasteiger charge is 2.08. The highest BCUT2D eigenvalue weighted by atomic mass is 16.5. The fraction of sp³-hybridized carbons (Fsp3) is 0.500. The molecule has 4 nitrogen and oxygen atoms in total. The molecule has 1 aromatic heterocycles. The summed E-state index contributed by atoms with van der Waals surface area (Å²) in [7, 11) is 0. The van der Waals surface area contributed by atoms with Crippen molar-refractivity contribution in [3.05, 3.63) is 17.8 Å². The molecule has 0 radical (unpaired) electrons. The van der Waals surface area contributed by atoms with E-state index in [-0.39, 0.29) is 6.10 Å². The average Bonchev–Trinajstić information content (AvgIpc) is 2.19. The largest absolute Gasteiger partial charge is 0.473 e. The van der Waals surface area contributed by atoms with Gasteiger partial charge in [0.15, 0.2) is 0 Å². The first kappa shape index (κ1) is 10.5. The maximum Gasteiger partial charge on any atom is 0.251 e. The molecule has 0 saturated carbocycles. The Morgan fingerprint density at radius 2 is 2.43 bits per heavy atom. The van der Waals surface area contributed by atoms with Crippen LogP contribution in [0.1, 0.15) is 32.3 Å². The fourth-order valence-electron chi connectivity index (χ4n) is 1.15. The molecule has 0 N–H and O–H groups in total. The molecule has 1 rings (SSSR count). The molecule has 1 heterocycles. The Hall–Kier alpha value is -1.63. The van der Waals surface area contributed by atoms with Gasteiger partial charge in [-0.15, -0.1) is 5.10 Å². The number of nitriles is 1. The summed E-state index contributed by atoms with van der Waals surface area (Å²) in [4.78, 5) is 0. The van der Waals surface area contributed by atoms with E-state index in [9.17, 15) is 0 Å². The lowest BCUT2D eigenvalue weighted by Crippen LogP contribution is -2.13. The van der Waals surface area contributed by atoms with Crippen molar-refractivity contribution in [3.8, 4) is 11.9 Å². The molecule has 74 valence electrons. The minimum atomic E-state index is 0.0730. The maximum atomic E-state index is 8.76. The van der Waals surface area contributed by atoms with E-state index in [0.29, 0.717) is 11.4 Å².